The molecule has 1 aliphatic rings. The van der Waals surface area contributed by atoms with E-state index in [0.29, 0.717) is 33.3 Å². The molecule has 5 nitrogen and oxygen atoms in total. The van der Waals surface area contributed by atoms with Crippen molar-refractivity contribution in [3.8, 4) is 5.75 Å². The first-order chi connectivity index (χ1) is 14.9. The van der Waals surface area contributed by atoms with Gasteiger partial charge in [0.05, 0.1) is 10.0 Å². The van der Waals surface area contributed by atoms with Gasteiger partial charge in [-0.25, -0.2) is 4.98 Å². The summed E-state index contributed by atoms with van der Waals surface area (Å²) in [4.78, 5) is 19.6. The molecule has 1 fully saturated rings. The molecule has 2 unspecified atom stereocenters. The van der Waals surface area contributed by atoms with Gasteiger partial charge in [0.25, 0.3) is 5.91 Å². The van der Waals surface area contributed by atoms with E-state index in [1.807, 2.05) is 18.2 Å². The quantitative estimate of drug-likeness (QED) is 0.507. The Morgan fingerprint density at radius 2 is 1.87 bits per heavy atom. The summed E-state index contributed by atoms with van der Waals surface area (Å²) in [6.45, 7) is 6.42. The van der Waals surface area contributed by atoms with Gasteiger partial charge < -0.3 is 15.0 Å². The average Bonchev–Trinajstić information content (AvgIpc) is 2.74. The summed E-state index contributed by atoms with van der Waals surface area (Å²) in [5.41, 5.74) is 1.32. The molecule has 0 spiro atoms. The highest BCUT2D eigenvalue weighted by molar-refractivity contribution is 6.42. The Morgan fingerprint density at radius 1 is 1.10 bits per heavy atom. The third-order valence-electron chi connectivity index (χ3n) is 5.42. The fourth-order valence-electron chi connectivity index (χ4n) is 4.17. The second-order valence-electron chi connectivity index (χ2n) is 8.31. The maximum atomic E-state index is 12.4. The number of nitrogens with zero attached hydrogens (tertiary/aromatic N) is 2. The van der Waals surface area contributed by atoms with E-state index in [1.165, 1.54) is 6.42 Å². The predicted octanol–water partition coefficient (Wildman–Crippen LogP) is 6.04. The monoisotopic (exact) mass is 457 g/mol. The van der Waals surface area contributed by atoms with E-state index in [4.69, 9.17) is 32.9 Å². The topological polar surface area (TPSA) is 54.5 Å². The van der Waals surface area contributed by atoms with Crippen LogP contribution in [0.3, 0.4) is 0 Å². The van der Waals surface area contributed by atoms with Crippen molar-refractivity contribution in [2.24, 2.45) is 11.8 Å². The average molecular weight is 458 g/mol. The largest absolute Gasteiger partial charge is 0.481 e. The number of anilines is 2. The summed E-state index contributed by atoms with van der Waals surface area (Å²) >= 11 is 11.9. The standard InChI is InChI=1S/C24H25Cl2N3O2/c1-15-10-16(2)13-29(12-15)22-9-6-17-4-3-5-21(24(17)28-22)31-14-23(30)27-18-7-8-19(25)20(26)11-18/h3-9,11,15-16H,10,12-14H2,1-2H3,(H,27,30). The summed E-state index contributed by atoms with van der Waals surface area (Å²) in [5.74, 6) is 2.52. The zero-order chi connectivity index (χ0) is 22.0. The molecule has 7 heteroatoms. The van der Waals surface area contributed by atoms with Crippen LogP contribution in [-0.2, 0) is 4.79 Å². The van der Waals surface area contributed by atoms with Crippen molar-refractivity contribution in [1.82, 2.24) is 4.98 Å². The highest BCUT2D eigenvalue weighted by Crippen LogP contribution is 2.30. The summed E-state index contributed by atoms with van der Waals surface area (Å²) in [6, 6.07) is 14.8. The van der Waals surface area contributed by atoms with Gasteiger partial charge in [0.1, 0.15) is 17.1 Å². The molecule has 1 amide bonds. The van der Waals surface area contributed by atoms with E-state index < -0.39 is 0 Å². The normalized spacial score (nSPS) is 18.8. The van der Waals surface area contributed by atoms with Gasteiger partial charge in [-0.2, -0.15) is 0 Å². The van der Waals surface area contributed by atoms with Crippen LogP contribution in [0.25, 0.3) is 10.9 Å². The minimum atomic E-state index is -0.287. The number of hydrogen-bond donors (Lipinski definition) is 1. The number of pyridine rings is 1. The number of para-hydroxylation sites is 1. The van der Waals surface area contributed by atoms with Gasteiger partial charge in [0.15, 0.2) is 6.61 Å². The lowest BCUT2D eigenvalue weighted by atomic mass is 9.92. The molecule has 4 rings (SSSR count). The van der Waals surface area contributed by atoms with Crippen molar-refractivity contribution in [3.63, 3.8) is 0 Å². The smallest absolute Gasteiger partial charge is 0.262 e. The van der Waals surface area contributed by atoms with E-state index >= 15 is 0 Å². The molecular formula is C24H25Cl2N3O2. The molecule has 1 N–H and O–H groups in total. The van der Waals surface area contributed by atoms with Crippen molar-refractivity contribution in [1.29, 1.82) is 0 Å². The Balaban J connectivity index is 1.49. The van der Waals surface area contributed by atoms with Gasteiger partial charge in [-0.3, -0.25) is 4.79 Å². The molecule has 0 bridgehead atoms. The molecule has 1 saturated heterocycles. The number of nitrogens with one attached hydrogen (secondary N) is 1. The molecule has 2 atom stereocenters. The fourth-order valence-corrected chi connectivity index (χ4v) is 4.46. The first-order valence-electron chi connectivity index (χ1n) is 10.4. The molecule has 3 aromatic rings. The molecule has 31 heavy (non-hydrogen) atoms. The lowest BCUT2D eigenvalue weighted by Crippen LogP contribution is -2.39. The van der Waals surface area contributed by atoms with Crippen LogP contribution in [0.15, 0.2) is 48.5 Å². The predicted molar refractivity (Wildman–Crippen MR) is 127 cm³/mol. The van der Waals surface area contributed by atoms with Gasteiger partial charge in [-0.05, 0) is 54.7 Å². The van der Waals surface area contributed by atoms with Crippen LogP contribution in [0.2, 0.25) is 10.0 Å². The van der Waals surface area contributed by atoms with Crippen molar-refractivity contribution < 1.29 is 9.53 Å². The molecule has 1 aliphatic heterocycles. The van der Waals surface area contributed by atoms with Crippen molar-refractivity contribution in [3.05, 3.63) is 58.6 Å². The molecule has 2 aromatic carbocycles. The van der Waals surface area contributed by atoms with E-state index in [9.17, 15) is 4.79 Å². The number of hydrogen-bond acceptors (Lipinski definition) is 4. The number of aromatic nitrogens is 1. The number of benzene rings is 2. The summed E-state index contributed by atoms with van der Waals surface area (Å²) in [7, 11) is 0. The van der Waals surface area contributed by atoms with Crippen LogP contribution < -0.4 is 15.0 Å². The Kier molecular flexibility index (Phi) is 6.54. The van der Waals surface area contributed by atoms with Gasteiger partial charge >= 0.3 is 0 Å². The van der Waals surface area contributed by atoms with Gasteiger partial charge in [-0.15, -0.1) is 0 Å². The molecule has 1 aromatic heterocycles. The van der Waals surface area contributed by atoms with Gasteiger partial charge in [-0.1, -0.05) is 49.2 Å². The fraction of sp³-hybridized carbons (Fsp3) is 0.333. The van der Waals surface area contributed by atoms with Crippen LogP contribution in [0, 0.1) is 11.8 Å². The third kappa shape index (κ3) is 5.23. The second kappa shape index (κ2) is 9.33. The number of carbonyl (C=O) groups excluding carboxylic acids is 1. The van der Waals surface area contributed by atoms with Crippen LogP contribution in [-0.4, -0.2) is 30.6 Å². The van der Waals surface area contributed by atoms with Crippen molar-refractivity contribution in [2.45, 2.75) is 20.3 Å². The Bertz CT molecular complexity index is 1100. The lowest BCUT2D eigenvalue weighted by Gasteiger charge is -2.35. The number of piperidine rings is 1. The van der Waals surface area contributed by atoms with Crippen LogP contribution in [0.1, 0.15) is 20.3 Å². The van der Waals surface area contributed by atoms with Gasteiger partial charge in [0.2, 0.25) is 0 Å². The first kappa shape index (κ1) is 21.7. The number of ether oxygens (including phenoxy) is 1. The molecule has 0 saturated carbocycles. The second-order valence-corrected chi connectivity index (χ2v) is 9.13. The number of halogens is 2. The lowest BCUT2D eigenvalue weighted by molar-refractivity contribution is -0.118. The number of carbonyl (C=O) groups is 1. The number of rotatable bonds is 5. The Morgan fingerprint density at radius 3 is 2.61 bits per heavy atom. The van der Waals surface area contributed by atoms with Crippen LogP contribution in [0.5, 0.6) is 5.75 Å². The summed E-state index contributed by atoms with van der Waals surface area (Å²) in [5, 5.41) is 4.56. The zero-order valence-electron chi connectivity index (χ0n) is 17.6. The summed E-state index contributed by atoms with van der Waals surface area (Å²) in [6.07, 6.45) is 1.24. The number of fused-ring (bicyclic) bond motifs is 1. The maximum Gasteiger partial charge on any atom is 0.262 e. The minimum absolute atomic E-state index is 0.136. The highest BCUT2D eigenvalue weighted by Gasteiger charge is 2.23. The van der Waals surface area contributed by atoms with Gasteiger partial charge in [0, 0.05) is 24.2 Å². The minimum Gasteiger partial charge on any atom is -0.481 e. The Labute approximate surface area is 192 Å². The molecule has 0 aliphatic carbocycles. The zero-order valence-corrected chi connectivity index (χ0v) is 19.1. The molecular weight excluding hydrogens is 433 g/mol. The SMILES string of the molecule is CC1CC(C)CN(c2ccc3cccc(OCC(=O)Nc4ccc(Cl)c(Cl)c4)c3n2)C1. The maximum absolute atomic E-state index is 12.4. The van der Waals surface area contributed by atoms with Crippen molar-refractivity contribution >= 4 is 51.5 Å². The highest BCUT2D eigenvalue weighted by atomic mass is 35.5. The Hall–Kier alpha value is -2.50. The molecule has 162 valence electrons. The summed E-state index contributed by atoms with van der Waals surface area (Å²) < 4.78 is 5.84. The third-order valence-corrected chi connectivity index (χ3v) is 6.16. The van der Waals surface area contributed by atoms with E-state index in [2.05, 4.69) is 36.2 Å². The van der Waals surface area contributed by atoms with Crippen LogP contribution >= 0.6 is 23.2 Å². The first-order valence-corrected chi connectivity index (χ1v) is 11.2. The van der Waals surface area contributed by atoms with Crippen molar-refractivity contribution in [2.75, 3.05) is 29.9 Å². The van der Waals surface area contributed by atoms with Crippen LogP contribution in [0.4, 0.5) is 11.5 Å². The van der Waals surface area contributed by atoms with E-state index in [0.717, 1.165) is 29.8 Å². The molecule has 2 heterocycles. The molecule has 0 radical (unpaired) electrons. The van der Waals surface area contributed by atoms with E-state index in [1.54, 1.807) is 18.2 Å². The number of amides is 1. The van der Waals surface area contributed by atoms with E-state index in [-0.39, 0.29) is 12.5 Å².